The molecule has 3 rings (SSSR count). The van der Waals surface area contributed by atoms with Gasteiger partial charge in [-0.25, -0.2) is 0 Å². The average molecular weight is 352 g/mol. The number of aromatic nitrogens is 2. The van der Waals surface area contributed by atoms with Crippen molar-refractivity contribution < 1.29 is 18.0 Å². The molecule has 1 aliphatic rings. The van der Waals surface area contributed by atoms with E-state index in [2.05, 4.69) is 10.00 Å². The molecule has 1 aromatic heterocycles. The highest BCUT2D eigenvalue weighted by Crippen LogP contribution is 2.29. The van der Waals surface area contributed by atoms with Gasteiger partial charge in [-0.1, -0.05) is 6.07 Å². The number of carbonyl (C=O) groups excluding carboxylic acids is 1. The van der Waals surface area contributed by atoms with E-state index in [-0.39, 0.29) is 11.5 Å². The summed E-state index contributed by atoms with van der Waals surface area (Å²) in [5.41, 5.74) is 0.379. The van der Waals surface area contributed by atoms with Crippen molar-refractivity contribution in [2.24, 2.45) is 7.05 Å². The summed E-state index contributed by atoms with van der Waals surface area (Å²) < 4.78 is 40.1. The van der Waals surface area contributed by atoms with E-state index >= 15 is 0 Å². The van der Waals surface area contributed by atoms with Gasteiger partial charge in [0.05, 0.1) is 11.8 Å². The molecular formula is C17H19F3N4O. The van der Waals surface area contributed by atoms with E-state index in [1.807, 2.05) is 13.2 Å². The summed E-state index contributed by atoms with van der Waals surface area (Å²) in [5.74, 6) is -0.355. The predicted octanol–water partition coefficient (Wildman–Crippen LogP) is 2.40. The van der Waals surface area contributed by atoms with Crippen LogP contribution in [-0.4, -0.2) is 51.7 Å². The molecule has 25 heavy (non-hydrogen) atoms. The van der Waals surface area contributed by atoms with Gasteiger partial charge in [0, 0.05) is 57.1 Å². The molecule has 0 saturated carbocycles. The number of amides is 1. The number of hydrogen-bond donors (Lipinski definition) is 0. The highest BCUT2D eigenvalue weighted by Gasteiger charge is 2.31. The van der Waals surface area contributed by atoms with E-state index in [9.17, 15) is 18.0 Å². The van der Waals surface area contributed by atoms with Crippen molar-refractivity contribution in [2.75, 3.05) is 26.2 Å². The van der Waals surface area contributed by atoms with Gasteiger partial charge in [-0.05, 0) is 18.2 Å². The molecule has 1 aromatic carbocycles. The van der Waals surface area contributed by atoms with Crippen LogP contribution in [0.5, 0.6) is 0 Å². The summed E-state index contributed by atoms with van der Waals surface area (Å²) in [4.78, 5) is 16.3. The maximum absolute atomic E-state index is 12.8. The molecule has 2 heterocycles. The van der Waals surface area contributed by atoms with Gasteiger partial charge in [0.1, 0.15) is 0 Å². The Morgan fingerprint density at radius 3 is 2.52 bits per heavy atom. The van der Waals surface area contributed by atoms with Crippen LogP contribution in [-0.2, 0) is 19.8 Å². The van der Waals surface area contributed by atoms with Gasteiger partial charge in [0.25, 0.3) is 5.91 Å². The van der Waals surface area contributed by atoms with Crippen LogP contribution >= 0.6 is 0 Å². The number of hydrogen-bond acceptors (Lipinski definition) is 3. The molecule has 134 valence electrons. The monoisotopic (exact) mass is 352 g/mol. The molecule has 0 atom stereocenters. The first-order valence-electron chi connectivity index (χ1n) is 7.99. The average Bonchev–Trinajstić information content (AvgIpc) is 2.99. The molecule has 1 saturated heterocycles. The number of halogens is 3. The minimum Gasteiger partial charge on any atom is -0.336 e. The Morgan fingerprint density at radius 2 is 1.92 bits per heavy atom. The van der Waals surface area contributed by atoms with Crippen molar-refractivity contribution in [2.45, 2.75) is 12.7 Å². The molecule has 0 aliphatic carbocycles. The van der Waals surface area contributed by atoms with E-state index in [0.717, 1.165) is 24.2 Å². The third kappa shape index (κ3) is 4.19. The topological polar surface area (TPSA) is 41.4 Å². The van der Waals surface area contributed by atoms with Gasteiger partial charge < -0.3 is 4.90 Å². The summed E-state index contributed by atoms with van der Waals surface area (Å²) in [7, 11) is 1.86. The number of piperazine rings is 1. The van der Waals surface area contributed by atoms with Crippen molar-refractivity contribution in [3.8, 4) is 0 Å². The van der Waals surface area contributed by atoms with E-state index in [1.54, 1.807) is 15.8 Å². The molecular weight excluding hydrogens is 333 g/mol. The van der Waals surface area contributed by atoms with Crippen LogP contribution in [0, 0.1) is 0 Å². The van der Waals surface area contributed by atoms with Gasteiger partial charge in [-0.15, -0.1) is 0 Å². The third-order valence-electron chi connectivity index (χ3n) is 4.26. The maximum Gasteiger partial charge on any atom is 0.416 e. The Labute approximate surface area is 143 Å². The fourth-order valence-corrected chi connectivity index (χ4v) is 2.93. The van der Waals surface area contributed by atoms with Crippen molar-refractivity contribution in [3.05, 3.63) is 53.3 Å². The summed E-state index contributed by atoms with van der Waals surface area (Å²) in [6.45, 7) is 3.10. The molecule has 1 amide bonds. The highest BCUT2D eigenvalue weighted by atomic mass is 19.4. The van der Waals surface area contributed by atoms with Crippen LogP contribution in [0.15, 0.2) is 36.7 Å². The fraction of sp³-hybridized carbons (Fsp3) is 0.412. The van der Waals surface area contributed by atoms with Crippen molar-refractivity contribution in [1.82, 2.24) is 19.6 Å². The smallest absolute Gasteiger partial charge is 0.336 e. The number of alkyl halides is 3. The summed E-state index contributed by atoms with van der Waals surface area (Å²) in [5, 5.41) is 4.13. The molecule has 0 spiro atoms. The second-order valence-corrected chi connectivity index (χ2v) is 6.17. The maximum atomic E-state index is 12.8. The lowest BCUT2D eigenvalue weighted by molar-refractivity contribution is -0.137. The normalized spacial score (nSPS) is 16.2. The molecule has 1 fully saturated rings. The van der Waals surface area contributed by atoms with E-state index in [4.69, 9.17) is 0 Å². The zero-order valence-corrected chi connectivity index (χ0v) is 13.8. The van der Waals surface area contributed by atoms with Crippen molar-refractivity contribution >= 4 is 5.91 Å². The minimum absolute atomic E-state index is 0.0792. The molecule has 1 aliphatic heterocycles. The number of nitrogens with zero attached hydrogens (tertiary/aromatic N) is 4. The van der Waals surface area contributed by atoms with Gasteiger partial charge in [0.15, 0.2) is 0 Å². The summed E-state index contributed by atoms with van der Waals surface area (Å²) in [6, 6.07) is 4.60. The molecule has 0 bridgehead atoms. The quantitative estimate of drug-likeness (QED) is 0.852. The Hall–Kier alpha value is -2.35. The summed E-state index contributed by atoms with van der Waals surface area (Å²) in [6.07, 6.45) is -0.695. The molecule has 5 nitrogen and oxygen atoms in total. The predicted molar refractivity (Wildman–Crippen MR) is 85.8 cm³/mol. The highest BCUT2D eigenvalue weighted by molar-refractivity contribution is 5.94. The lowest BCUT2D eigenvalue weighted by atomic mass is 10.1. The Morgan fingerprint density at radius 1 is 1.20 bits per heavy atom. The summed E-state index contributed by atoms with van der Waals surface area (Å²) >= 11 is 0. The van der Waals surface area contributed by atoms with E-state index < -0.39 is 11.7 Å². The SMILES string of the molecule is Cn1cc(CN2CCN(C(=O)c3cccc(C(F)(F)F)c3)CC2)cn1. The minimum atomic E-state index is -4.45. The number of aryl methyl sites for hydroxylation is 1. The first kappa shape index (κ1) is 17.5. The third-order valence-corrected chi connectivity index (χ3v) is 4.26. The Balaban J connectivity index is 1.60. The zero-order chi connectivity index (χ0) is 18.0. The Bertz CT molecular complexity index is 748. The van der Waals surface area contributed by atoms with Crippen LogP contribution in [0.1, 0.15) is 21.5 Å². The lowest BCUT2D eigenvalue weighted by Crippen LogP contribution is -2.48. The van der Waals surface area contributed by atoms with Crippen molar-refractivity contribution in [3.63, 3.8) is 0 Å². The Kier molecular flexibility index (Phi) is 4.80. The molecule has 0 unspecified atom stereocenters. The first-order chi connectivity index (χ1) is 11.8. The largest absolute Gasteiger partial charge is 0.416 e. The van der Waals surface area contributed by atoms with Crippen LogP contribution in [0.3, 0.4) is 0 Å². The van der Waals surface area contributed by atoms with Gasteiger partial charge in [-0.3, -0.25) is 14.4 Å². The standard InChI is InChI=1S/C17H19F3N4O/c1-22-11-13(10-21-22)12-23-5-7-24(8-6-23)16(25)14-3-2-4-15(9-14)17(18,19)20/h2-4,9-11H,5-8,12H2,1H3. The number of benzene rings is 1. The zero-order valence-electron chi connectivity index (χ0n) is 13.8. The molecule has 2 aromatic rings. The van der Waals surface area contributed by atoms with Crippen LogP contribution in [0.2, 0.25) is 0 Å². The fourth-order valence-electron chi connectivity index (χ4n) is 2.93. The number of rotatable bonds is 3. The van der Waals surface area contributed by atoms with Crippen LogP contribution < -0.4 is 0 Å². The molecule has 0 N–H and O–H groups in total. The van der Waals surface area contributed by atoms with Crippen molar-refractivity contribution in [1.29, 1.82) is 0 Å². The first-order valence-corrected chi connectivity index (χ1v) is 7.99. The van der Waals surface area contributed by atoms with Crippen LogP contribution in [0.4, 0.5) is 13.2 Å². The lowest BCUT2D eigenvalue weighted by Gasteiger charge is -2.34. The van der Waals surface area contributed by atoms with Gasteiger partial charge >= 0.3 is 6.18 Å². The van der Waals surface area contributed by atoms with Gasteiger partial charge in [0.2, 0.25) is 0 Å². The second-order valence-electron chi connectivity index (χ2n) is 6.17. The molecule has 8 heteroatoms. The second kappa shape index (κ2) is 6.87. The molecule has 0 radical (unpaired) electrons. The van der Waals surface area contributed by atoms with E-state index in [1.165, 1.54) is 12.1 Å². The van der Waals surface area contributed by atoms with E-state index in [0.29, 0.717) is 26.2 Å². The number of carbonyl (C=O) groups is 1. The van der Waals surface area contributed by atoms with Crippen LogP contribution in [0.25, 0.3) is 0 Å². The van der Waals surface area contributed by atoms with Gasteiger partial charge in [-0.2, -0.15) is 18.3 Å².